The Kier molecular flexibility index (Phi) is 18.2. The van der Waals surface area contributed by atoms with Crippen LogP contribution in [0, 0.1) is 17.8 Å². The van der Waals surface area contributed by atoms with Crippen LogP contribution in [-0.2, 0) is 14.3 Å². The molecule has 3 rings (SSSR count). The van der Waals surface area contributed by atoms with E-state index in [0.29, 0.717) is 11.2 Å². The lowest BCUT2D eigenvalue weighted by Crippen LogP contribution is -2.25. The number of hydrogen-bond donors (Lipinski definition) is 3. The Morgan fingerprint density at radius 3 is 2.33 bits per heavy atom. The molecule has 1 aromatic rings. The van der Waals surface area contributed by atoms with Crippen LogP contribution in [0.4, 0.5) is 5.13 Å². The molecule has 0 unspecified atom stereocenters. The van der Waals surface area contributed by atoms with Gasteiger partial charge in [-0.2, -0.15) is 0 Å². The average Bonchev–Trinajstić information content (AvgIpc) is 3.30. The first-order valence-electron chi connectivity index (χ1n) is 13.7. The zero-order valence-electron chi connectivity index (χ0n) is 23.0. The monoisotopic (exact) mass is 543 g/mol. The summed E-state index contributed by atoms with van der Waals surface area (Å²) in [4.78, 5) is 24.8. The molecular formula is C27H49N3O4S2. The summed E-state index contributed by atoms with van der Waals surface area (Å²) in [5.74, 6) is 1.82. The highest BCUT2D eigenvalue weighted by Gasteiger charge is 2.24. The van der Waals surface area contributed by atoms with Crippen molar-refractivity contribution in [2.24, 2.45) is 17.8 Å². The standard InChI is InChI=1S/C13H26O.C7H9N3O3S2.C7H14/c1-4-10-14-13-8-6-12(7-9-13)11(3)5-2;1-4(11)10-7-8-3-6(14-7)15-9-2-5(12)13;1-7-5-3-2-4-6-7/h11-13H,4-10H2,1-3H3;3,9H,2H2,1H3,(H,12,13)(H,8,10,11);7H,2-6H2,1H3/t11-,12?,13?;;/m1../s1. The number of aromatic nitrogens is 1. The average molecular weight is 544 g/mol. The molecule has 1 heterocycles. The molecule has 0 bridgehead atoms. The second-order valence-electron chi connectivity index (χ2n) is 10.0. The minimum absolute atomic E-state index is 0.127. The Hall–Kier alpha value is -1.16. The highest BCUT2D eigenvalue weighted by atomic mass is 32.2. The lowest BCUT2D eigenvalue weighted by molar-refractivity contribution is -0.135. The number of carboxylic acids is 1. The van der Waals surface area contributed by atoms with Gasteiger partial charge in [0.15, 0.2) is 5.13 Å². The molecule has 208 valence electrons. The Bertz CT molecular complexity index is 718. The molecular weight excluding hydrogens is 494 g/mol. The second-order valence-corrected chi connectivity index (χ2v) is 12.2. The number of carbonyl (C=O) groups is 2. The van der Waals surface area contributed by atoms with E-state index >= 15 is 0 Å². The van der Waals surface area contributed by atoms with Gasteiger partial charge in [0.2, 0.25) is 5.91 Å². The van der Waals surface area contributed by atoms with Gasteiger partial charge < -0.3 is 15.2 Å². The largest absolute Gasteiger partial charge is 0.480 e. The first-order chi connectivity index (χ1) is 17.2. The zero-order valence-corrected chi connectivity index (χ0v) is 24.6. The summed E-state index contributed by atoms with van der Waals surface area (Å²) in [5.41, 5.74) is 0. The normalized spacial score (nSPS) is 20.8. The molecule has 1 amide bonds. The number of carboxylic acid groups (broad SMARTS) is 1. The summed E-state index contributed by atoms with van der Waals surface area (Å²) < 4.78 is 9.23. The van der Waals surface area contributed by atoms with Crippen LogP contribution in [0.5, 0.6) is 0 Å². The third kappa shape index (κ3) is 15.8. The molecule has 36 heavy (non-hydrogen) atoms. The second kappa shape index (κ2) is 19.9. The van der Waals surface area contributed by atoms with Gasteiger partial charge in [-0.15, -0.1) is 0 Å². The van der Waals surface area contributed by atoms with Gasteiger partial charge in [-0.25, -0.2) is 9.71 Å². The number of hydrogen-bond acceptors (Lipinski definition) is 7. The van der Waals surface area contributed by atoms with Gasteiger partial charge in [-0.05, 0) is 61.8 Å². The van der Waals surface area contributed by atoms with E-state index in [1.165, 1.54) is 94.4 Å². The number of rotatable bonds is 10. The topological polar surface area (TPSA) is 101 Å². The van der Waals surface area contributed by atoms with Crippen molar-refractivity contribution in [3.63, 3.8) is 0 Å². The summed E-state index contributed by atoms with van der Waals surface area (Å²) in [6, 6.07) is 0. The van der Waals surface area contributed by atoms with Crippen LogP contribution < -0.4 is 10.0 Å². The number of nitrogens with one attached hydrogen (secondary N) is 2. The van der Waals surface area contributed by atoms with Crippen molar-refractivity contribution in [1.82, 2.24) is 9.71 Å². The fourth-order valence-corrected chi connectivity index (χ4v) is 6.05. The van der Waals surface area contributed by atoms with Gasteiger partial charge in [-0.3, -0.25) is 9.59 Å². The smallest absolute Gasteiger partial charge is 0.318 e. The minimum Gasteiger partial charge on any atom is -0.480 e. The summed E-state index contributed by atoms with van der Waals surface area (Å²) >= 11 is 2.45. The first-order valence-corrected chi connectivity index (χ1v) is 15.3. The van der Waals surface area contributed by atoms with E-state index in [2.05, 4.69) is 42.7 Å². The van der Waals surface area contributed by atoms with Crippen LogP contribution in [-0.4, -0.2) is 41.2 Å². The van der Waals surface area contributed by atoms with E-state index in [4.69, 9.17) is 9.84 Å². The van der Waals surface area contributed by atoms with Crippen molar-refractivity contribution in [3.8, 4) is 0 Å². The van der Waals surface area contributed by atoms with Crippen molar-refractivity contribution in [3.05, 3.63) is 6.20 Å². The summed E-state index contributed by atoms with van der Waals surface area (Å²) in [6.07, 6.45) is 17.5. The van der Waals surface area contributed by atoms with Crippen molar-refractivity contribution < 1.29 is 19.4 Å². The first kappa shape index (κ1) is 32.9. The highest BCUT2D eigenvalue weighted by molar-refractivity contribution is 7.99. The van der Waals surface area contributed by atoms with Crippen LogP contribution in [0.2, 0.25) is 0 Å². The van der Waals surface area contributed by atoms with Gasteiger partial charge in [0.25, 0.3) is 0 Å². The van der Waals surface area contributed by atoms with Crippen molar-refractivity contribution in [1.29, 1.82) is 0 Å². The number of anilines is 1. The Morgan fingerprint density at radius 1 is 1.17 bits per heavy atom. The molecule has 0 radical (unpaired) electrons. The van der Waals surface area contributed by atoms with Gasteiger partial charge in [-0.1, -0.05) is 77.6 Å². The Morgan fingerprint density at radius 2 is 1.83 bits per heavy atom. The molecule has 3 N–H and O–H groups in total. The predicted molar refractivity (Wildman–Crippen MR) is 152 cm³/mol. The number of thiazole rings is 1. The highest BCUT2D eigenvalue weighted by Crippen LogP contribution is 2.32. The quantitative estimate of drug-likeness (QED) is 0.265. The minimum atomic E-state index is -0.922. The summed E-state index contributed by atoms with van der Waals surface area (Å²) in [5, 5.41) is 11.4. The van der Waals surface area contributed by atoms with Gasteiger partial charge in [0, 0.05) is 13.5 Å². The summed E-state index contributed by atoms with van der Waals surface area (Å²) in [6.45, 7) is 11.5. The molecule has 0 saturated heterocycles. The Balaban J connectivity index is 0.000000287. The molecule has 7 nitrogen and oxygen atoms in total. The number of nitrogens with zero attached hydrogens (tertiary/aromatic N) is 1. The van der Waals surface area contributed by atoms with Crippen molar-refractivity contribution in [2.75, 3.05) is 18.5 Å². The third-order valence-corrected chi connectivity index (χ3v) is 8.59. The number of amides is 1. The van der Waals surface area contributed by atoms with Gasteiger partial charge in [0.1, 0.15) is 6.54 Å². The van der Waals surface area contributed by atoms with E-state index < -0.39 is 5.97 Å². The van der Waals surface area contributed by atoms with Crippen LogP contribution in [0.25, 0.3) is 0 Å². The maximum atomic E-state index is 10.7. The SMILES string of the molecule is CC(=O)Nc1ncc(SNCC(=O)O)s1.CC1CCCCC1.CCCOC1CCC([C@H](C)CC)CC1. The Labute approximate surface area is 227 Å². The predicted octanol–water partition coefficient (Wildman–Crippen LogP) is 7.39. The lowest BCUT2D eigenvalue weighted by Gasteiger charge is -2.31. The van der Waals surface area contributed by atoms with Gasteiger partial charge >= 0.3 is 5.97 Å². The molecule has 0 aliphatic heterocycles. The molecule has 2 aliphatic rings. The van der Waals surface area contributed by atoms with Crippen LogP contribution in [0.3, 0.4) is 0 Å². The van der Waals surface area contributed by atoms with E-state index in [0.717, 1.165) is 35.0 Å². The number of ether oxygens (including phenoxy) is 1. The maximum absolute atomic E-state index is 10.7. The summed E-state index contributed by atoms with van der Waals surface area (Å²) in [7, 11) is 0. The molecule has 9 heteroatoms. The molecule has 0 spiro atoms. The molecule has 2 saturated carbocycles. The van der Waals surface area contributed by atoms with Crippen molar-refractivity contribution in [2.45, 2.75) is 116 Å². The fraction of sp³-hybridized carbons (Fsp3) is 0.815. The van der Waals surface area contributed by atoms with Crippen LogP contribution >= 0.6 is 23.3 Å². The van der Waals surface area contributed by atoms with E-state index in [9.17, 15) is 9.59 Å². The molecule has 1 atom stereocenters. The van der Waals surface area contributed by atoms with E-state index in [-0.39, 0.29) is 12.5 Å². The zero-order chi connectivity index (χ0) is 26.8. The maximum Gasteiger partial charge on any atom is 0.318 e. The lowest BCUT2D eigenvalue weighted by atomic mass is 9.79. The van der Waals surface area contributed by atoms with Crippen LogP contribution in [0.15, 0.2) is 10.4 Å². The molecule has 2 fully saturated rings. The number of carbonyl (C=O) groups excluding carboxylic acids is 1. The van der Waals surface area contributed by atoms with Crippen molar-refractivity contribution >= 4 is 40.3 Å². The van der Waals surface area contributed by atoms with E-state index in [1.807, 2.05) is 0 Å². The molecule has 0 aromatic carbocycles. The van der Waals surface area contributed by atoms with Gasteiger partial charge in [0.05, 0.1) is 16.5 Å². The van der Waals surface area contributed by atoms with E-state index in [1.54, 1.807) is 6.20 Å². The molecule has 1 aromatic heterocycles. The molecule has 2 aliphatic carbocycles. The number of aliphatic carboxylic acids is 1. The van der Waals surface area contributed by atoms with Crippen LogP contribution in [0.1, 0.15) is 105 Å². The fourth-order valence-electron chi connectivity index (χ4n) is 4.43. The third-order valence-electron chi connectivity index (χ3n) is 6.78.